The van der Waals surface area contributed by atoms with Crippen molar-refractivity contribution < 1.29 is 19.1 Å². The molecule has 1 heterocycles. The summed E-state index contributed by atoms with van der Waals surface area (Å²) >= 11 is 18.2. The van der Waals surface area contributed by atoms with Crippen molar-refractivity contribution in [3.63, 3.8) is 0 Å². The van der Waals surface area contributed by atoms with E-state index in [0.29, 0.717) is 38.0 Å². The Morgan fingerprint density at radius 1 is 1.03 bits per heavy atom. The highest BCUT2D eigenvalue weighted by Crippen LogP contribution is 2.40. The fourth-order valence-electron chi connectivity index (χ4n) is 3.15. The van der Waals surface area contributed by atoms with Gasteiger partial charge in [-0.2, -0.15) is 0 Å². The van der Waals surface area contributed by atoms with Crippen LogP contribution < -0.4 is 9.47 Å². The van der Waals surface area contributed by atoms with E-state index in [1.165, 1.54) is 0 Å². The minimum absolute atomic E-state index is 0.138. The van der Waals surface area contributed by atoms with Crippen molar-refractivity contribution >= 4 is 52.6 Å². The van der Waals surface area contributed by atoms with E-state index in [9.17, 15) is 9.59 Å². The van der Waals surface area contributed by atoms with Gasteiger partial charge in [0.05, 0.1) is 15.6 Å². The molecule has 0 radical (unpaired) electrons. The average Bonchev–Trinajstić information content (AvgIpc) is 3.09. The summed E-state index contributed by atoms with van der Waals surface area (Å²) < 4.78 is 11.3. The topological polar surface area (TPSA) is 52.6 Å². The molecule has 0 aromatic heterocycles. The van der Waals surface area contributed by atoms with Crippen molar-refractivity contribution in [1.29, 1.82) is 0 Å². The van der Waals surface area contributed by atoms with Crippen molar-refractivity contribution in [2.75, 3.05) is 0 Å². The Hall–Kier alpha value is -2.79. The Kier molecular flexibility index (Phi) is 6.05. The second-order valence-electron chi connectivity index (χ2n) is 6.87. The number of hydrogen-bond donors (Lipinski definition) is 0. The Morgan fingerprint density at radius 3 is 2.48 bits per heavy atom. The summed E-state index contributed by atoms with van der Waals surface area (Å²) in [7, 11) is 0. The van der Waals surface area contributed by atoms with Crippen LogP contribution in [0, 0.1) is 6.92 Å². The van der Waals surface area contributed by atoms with Gasteiger partial charge >= 0.3 is 5.97 Å². The molecule has 0 fully saturated rings. The zero-order chi connectivity index (χ0) is 22.1. The number of carbonyl (C=O) groups excluding carboxylic acids is 2. The van der Waals surface area contributed by atoms with Gasteiger partial charge in [-0.15, -0.1) is 11.6 Å². The lowest BCUT2D eigenvalue weighted by Crippen LogP contribution is -2.15. The van der Waals surface area contributed by atoms with Crippen LogP contribution in [0.5, 0.6) is 11.5 Å². The van der Waals surface area contributed by atoms with Gasteiger partial charge in [-0.05, 0) is 48.4 Å². The van der Waals surface area contributed by atoms with Crippen LogP contribution in [0.25, 0.3) is 6.08 Å². The number of ketones is 1. The minimum Gasteiger partial charge on any atom is -0.452 e. The summed E-state index contributed by atoms with van der Waals surface area (Å²) in [5, 5.41) is -0.166. The van der Waals surface area contributed by atoms with Crippen molar-refractivity contribution in [1.82, 2.24) is 0 Å². The first-order valence-corrected chi connectivity index (χ1v) is 10.5. The van der Waals surface area contributed by atoms with Gasteiger partial charge in [-0.25, -0.2) is 4.79 Å². The summed E-state index contributed by atoms with van der Waals surface area (Å²) in [6, 6.07) is 17.0. The third-order valence-electron chi connectivity index (χ3n) is 4.79. The van der Waals surface area contributed by atoms with Crippen LogP contribution in [0.1, 0.15) is 32.4 Å². The smallest absolute Gasteiger partial charge is 0.334 e. The van der Waals surface area contributed by atoms with Crippen LogP contribution in [0.2, 0.25) is 10.0 Å². The molecule has 31 heavy (non-hydrogen) atoms. The largest absolute Gasteiger partial charge is 0.452 e. The van der Waals surface area contributed by atoms with Crippen LogP contribution in [-0.2, 0) is 4.79 Å². The molecule has 1 aliphatic heterocycles. The van der Waals surface area contributed by atoms with Crippen LogP contribution in [0.15, 0.2) is 66.4 Å². The summed E-state index contributed by atoms with van der Waals surface area (Å²) in [6.45, 7) is 1.71. The maximum atomic E-state index is 12.8. The predicted molar refractivity (Wildman–Crippen MR) is 121 cm³/mol. The molecular weight excluding hydrogens is 459 g/mol. The van der Waals surface area contributed by atoms with E-state index in [1.54, 1.807) is 67.6 Å². The van der Waals surface area contributed by atoms with E-state index in [-0.39, 0.29) is 17.3 Å². The van der Waals surface area contributed by atoms with Gasteiger partial charge in [-0.3, -0.25) is 4.79 Å². The first-order valence-electron chi connectivity index (χ1n) is 9.29. The number of hydrogen-bond acceptors (Lipinski definition) is 4. The van der Waals surface area contributed by atoms with E-state index in [2.05, 4.69) is 0 Å². The second kappa shape index (κ2) is 8.75. The third kappa shape index (κ3) is 4.33. The lowest BCUT2D eigenvalue weighted by Gasteiger charge is -2.13. The van der Waals surface area contributed by atoms with Gasteiger partial charge < -0.3 is 9.47 Å². The Morgan fingerprint density at radius 2 is 1.77 bits per heavy atom. The second-order valence-corrected chi connectivity index (χ2v) is 8.12. The Balaban J connectivity index is 1.58. The summed E-state index contributed by atoms with van der Waals surface area (Å²) in [6.07, 6.45) is 1.58. The molecule has 3 aromatic rings. The predicted octanol–water partition coefficient (Wildman–Crippen LogP) is 6.80. The number of fused-ring (bicyclic) bond motifs is 1. The zero-order valence-corrected chi connectivity index (χ0v) is 18.5. The van der Waals surface area contributed by atoms with Crippen molar-refractivity contribution in [2.45, 2.75) is 12.3 Å². The van der Waals surface area contributed by atoms with Crippen LogP contribution in [0.3, 0.4) is 0 Å². The van der Waals surface area contributed by atoms with Crippen LogP contribution in [0.4, 0.5) is 0 Å². The van der Waals surface area contributed by atoms with Crippen molar-refractivity contribution in [2.24, 2.45) is 0 Å². The molecule has 1 atom stereocenters. The summed E-state index contributed by atoms with van der Waals surface area (Å²) in [5.41, 5.74) is 2.21. The molecule has 0 spiro atoms. The summed E-state index contributed by atoms with van der Waals surface area (Å²) in [5.74, 6) is -0.144. The molecule has 0 N–H and O–H groups in total. The highest BCUT2D eigenvalue weighted by molar-refractivity contribution is 6.42. The van der Waals surface area contributed by atoms with Gasteiger partial charge in [0.15, 0.2) is 11.1 Å². The molecule has 3 aromatic carbocycles. The van der Waals surface area contributed by atoms with Gasteiger partial charge in [-0.1, -0.05) is 59.6 Å². The van der Waals surface area contributed by atoms with Gasteiger partial charge in [0.25, 0.3) is 0 Å². The number of halogens is 3. The number of Topliss-reactive ketones (excluding diaryl/α,β-unsaturated/α-hetero) is 1. The van der Waals surface area contributed by atoms with E-state index in [4.69, 9.17) is 44.3 Å². The molecule has 1 unspecified atom stereocenters. The lowest BCUT2D eigenvalue weighted by atomic mass is 10.1. The molecule has 156 valence electrons. The van der Waals surface area contributed by atoms with E-state index in [0.717, 1.165) is 0 Å². The van der Waals surface area contributed by atoms with E-state index < -0.39 is 11.3 Å². The monoisotopic (exact) mass is 472 g/mol. The fraction of sp³-hybridized carbons (Fsp3) is 0.0833. The Labute approximate surface area is 193 Å². The molecule has 0 saturated carbocycles. The highest BCUT2D eigenvalue weighted by atomic mass is 35.5. The zero-order valence-electron chi connectivity index (χ0n) is 16.2. The van der Waals surface area contributed by atoms with Gasteiger partial charge in [0.2, 0.25) is 5.78 Å². The molecule has 1 aliphatic rings. The van der Waals surface area contributed by atoms with Crippen molar-refractivity contribution in [3.8, 4) is 11.5 Å². The molecule has 4 rings (SSSR count). The molecule has 0 bridgehead atoms. The molecule has 4 nitrogen and oxygen atoms in total. The number of rotatable bonds is 4. The molecule has 0 amide bonds. The quantitative estimate of drug-likeness (QED) is 0.181. The van der Waals surface area contributed by atoms with Gasteiger partial charge in [0, 0.05) is 5.56 Å². The molecular formula is C24H15Cl3O4. The standard InChI is InChI=1S/C24H15Cl3O4/c1-13-19(31-24(29)21(27)15-5-3-2-4-6-15)10-8-16-22(28)20(30-23(13)16)12-14-7-9-17(25)18(26)11-14/h2-12,21H,1H3/b20-12-. The average molecular weight is 474 g/mol. The molecule has 0 aliphatic carbocycles. The highest BCUT2D eigenvalue weighted by Gasteiger charge is 2.31. The number of ether oxygens (including phenoxy) is 2. The first-order chi connectivity index (χ1) is 14.8. The number of esters is 1. The number of alkyl halides is 1. The van der Waals surface area contributed by atoms with Crippen LogP contribution >= 0.6 is 34.8 Å². The minimum atomic E-state index is -0.957. The lowest BCUT2D eigenvalue weighted by molar-refractivity contribution is -0.134. The van der Waals surface area contributed by atoms with Crippen molar-refractivity contribution in [3.05, 3.63) is 98.7 Å². The number of allylic oxidation sites excluding steroid dienone is 1. The molecule has 7 heteroatoms. The van der Waals surface area contributed by atoms with E-state index in [1.807, 2.05) is 6.07 Å². The van der Waals surface area contributed by atoms with E-state index >= 15 is 0 Å². The summed E-state index contributed by atoms with van der Waals surface area (Å²) in [4.78, 5) is 25.2. The maximum Gasteiger partial charge on any atom is 0.334 e. The molecule has 0 saturated heterocycles. The SMILES string of the molecule is Cc1c(OC(=O)C(Cl)c2ccccc2)ccc2c1O/C(=C\c1ccc(Cl)c(Cl)c1)C2=O. The normalized spacial score (nSPS) is 14.8. The maximum absolute atomic E-state index is 12.8. The fourth-order valence-corrected chi connectivity index (χ4v) is 3.65. The number of benzene rings is 3. The first kappa shape index (κ1) is 21.4. The Bertz CT molecular complexity index is 1220. The third-order valence-corrected chi connectivity index (χ3v) is 5.96. The van der Waals surface area contributed by atoms with Crippen LogP contribution in [-0.4, -0.2) is 11.8 Å². The van der Waals surface area contributed by atoms with Gasteiger partial charge in [0.1, 0.15) is 11.5 Å². The number of carbonyl (C=O) groups is 2.